The molecule has 0 spiro atoms. The second-order valence-corrected chi connectivity index (χ2v) is 4.83. The summed E-state index contributed by atoms with van der Waals surface area (Å²) in [6, 6.07) is 9.06. The van der Waals surface area contributed by atoms with Crippen LogP contribution in [0, 0.1) is 17.2 Å². The Bertz CT molecular complexity index is 475. The fourth-order valence-electron chi connectivity index (χ4n) is 1.77. The first kappa shape index (κ1) is 13.6. The van der Waals surface area contributed by atoms with E-state index in [1.807, 2.05) is 0 Å². The first-order valence-electron chi connectivity index (χ1n) is 6.66. The van der Waals surface area contributed by atoms with Crippen molar-refractivity contribution in [1.82, 2.24) is 0 Å². The van der Waals surface area contributed by atoms with Gasteiger partial charge in [0.25, 0.3) is 0 Å². The molecule has 1 aliphatic carbocycles. The van der Waals surface area contributed by atoms with Gasteiger partial charge in [-0.15, -0.1) is 0 Å². The van der Waals surface area contributed by atoms with Crippen molar-refractivity contribution in [3.8, 4) is 6.07 Å². The Kier molecular flexibility index (Phi) is 4.93. The SMILES string of the molecule is N#Cc1ccccc1NC(=O)CCCOCC1CC1. The van der Waals surface area contributed by atoms with E-state index in [0.29, 0.717) is 30.7 Å². The van der Waals surface area contributed by atoms with Gasteiger partial charge in [-0.25, -0.2) is 0 Å². The molecule has 0 bridgehead atoms. The van der Waals surface area contributed by atoms with Crippen molar-refractivity contribution in [1.29, 1.82) is 5.26 Å². The maximum Gasteiger partial charge on any atom is 0.224 e. The smallest absolute Gasteiger partial charge is 0.224 e. The number of nitrogens with zero attached hydrogens (tertiary/aromatic N) is 1. The van der Waals surface area contributed by atoms with Crippen molar-refractivity contribution in [2.45, 2.75) is 25.7 Å². The van der Waals surface area contributed by atoms with Crippen LogP contribution in [0.1, 0.15) is 31.2 Å². The number of carbonyl (C=O) groups excluding carboxylic acids is 1. The summed E-state index contributed by atoms with van der Waals surface area (Å²) in [5.41, 5.74) is 1.06. The van der Waals surface area contributed by atoms with Gasteiger partial charge < -0.3 is 10.1 Å². The van der Waals surface area contributed by atoms with Gasteiger partial charge in [-0.3, -0.25) is 4.79 Å². The maximum atomic E-state index is 11.7. The molecular formula is C15H18N2O2. The number of anilines is 1. The molecular weight excluding hydrogens is 240 g/mol. The molecule has 2 rings (SSSR count). The molecule has 1 aromatic carbocycles. The fourth-order valence-corrected chi connectivity index (χ4v) is 1.77. The second-order valence-electron chi connectivity index (χ2n) is 4.83. The molecule has 1 saturated carbocycles. The van der Waals surface area contributed by atoms with Crippen molar-refractivity contribution in [2.24, 2.45) is 5.92 Å². The van der Waals surface area contributed by atoms with E-state index in [1.54, 1.807) is 24.3 Å². The number of carbonyl (C=O) groups is 1. The highest BCUT2D eigenvalue weighted by Gasteiger charge is 2.20. The first-order chi connectivity index (χ1) is 9.29. The molecule has 4 heteroatoms. The summed E-state index contributed by atoms with van der Waals surface area (Å²) < 4.78 is 5.47. The number of hydrogen-bond donors (Lipinski definition) is 1. The van der Waals surface area contributed by atoms with Crippen LogP contribution in [-0.2, 0) is 9.53 Å². The van der Waals surface area contributed by atoms with E-state index < -0.39 is 0 Å². The minimum Gasteiger partial charge on any atom is -0.381 e. The van der Waals surface area contributed by atoms with Crippen LogP contribution in [0.25, 0.3) is 0 Å². The maximum absolute atomic E-state index is 11.7. The third-order valence-electron chi connectivity index (χ3n) is 3.06. The molecule has 0 aromatic heterocycles. The molecule has 1 aliphatic rings. The molecule has 1 N–H and O–H groups in total. The third kappa shape index (κ3) is 4.72. The van der Waals surface area contributed by atoms with Crippen molar-refractivity contribution >= 4 is 11.6 Å². The predicted molar refractivity (Wildman–Crippen MR) is 72.6 cm³/mol. The fraction of sp³-hybridized carbons (Fsp3) is 0.467. The average Bonchev–Trinajstić information content (AvgIpc) is 3.23. The monoisotopic (exact) mass is 258 g/mol. The summed E-state index contributed by atoms with van der Waals surface area (Å²) in [6.45, 7) is 1.46. The lowest BCUT2D eigenvalue weighted by Crippen LogP contribution is -2.13. The van der Waals surface area contributed by atoms with Gasteiger partial charge in [0.1, 0.15) is 6.07 Å². The van der Waals surface area contributed by atoms with Crippen molar-refractivity contribution in [2.75, 3.05) is 18.5 Å². The van der Waals surface area contributed by atoms with E-state index >= 15 is 0 Å². The van der Waals surface area contributed by atoms with Gasteiger partial charge >= 0.3 is 0 Å². The normalized spacial score (nSPS) is 13.8. The Morgan fingerprint density at radius 2 is 2.21 bits per heavy atom. The Labute approximate surface area is 113 Å². The quantitative estimate of drug-likeness (QED) is 0.765. The third-order valence-corrected chi connectivity index (χ3v) is 3.06. The summed E-state index contributed by atoms with van der Waals surface area (Å²) in [6.07, 6.45) is 3.70. The van der Waals surface area contributed by atoms with Gasteiger partial charge in [0.2, 0.25) is 5.91 Å². The van der Waals surface area contributed by atoms with Crippen LogP contribution < -0.4 is 5.32 Å². The number of nitrogens with one attached hydrogen (secondary N) is 1. The number of rotatable bonds is 7. The van der Waals surface area contributed by atoms with E-state index in [4.69, 9.17) is 10.00 Å². The molecule has 4 nitrogen and oxygen atoms in total. The van der Waals surface area contributed by atoms with Gasteiger partial charge in [0.15, 0.2) is 0 Å². The lowest BCUT2D eigenvalue weighted by atomic mass is 10.2. The summed E-state index contributed by atoms with van der Waals surface area (Å²) in [7, 11) is 0. The minimum absolute atomic E-state index is 0.0716. The van der Waals surface area contributed by atoms with E-state index in [-0.39, 0.29) is 5.91 Å². The molecule has 0 aliphatic heterocycles. The van der Waals surface area contributed by atoms with E-state index in [1.165, 1.54) is 12.8 Å². The van der Waals surface area contributed by atoms with Gasteiger partial charge in [0.05, 0.1) is 11.3 Å². The molecule has 19 heavy (non-hydrogen) atoms. The zero-order chi connectivity index (χ0) is 13.5. The van der Waals surface area contributed by atoms with Crippen LogP contribution in [0.4, 0.5) is 5.69 Å². The standard InChI is InChI=1S/C15H18N2O2/c16-10-13-4-1-2-5-14(13)17-15(18)6-3-9-19-11-12-7-8-12/h1-2,4-5,12H,3,6-9,11H2,(H,17,18). The molecule has 0 unspecified atom stereocenters. The topological polar surface area (TPSA) is 62.1 Å². The van der Waals surface area contributed by atoms with Crippen LogP contribution in [-0.4, -0.2) is 19.1 Å². The number of nitriles is 1. The Morgan fingerprint density at radius 3 is 2.95 bits per heavy atom. The van der Waals surface area contributed by atoms with Gasteiger partial charge in [-0.05, 0) is 37.3 Å². The van der Waals surface area contributed by atoms with Crippen molar-refractivity contribution in [3.05, 3.63) is 29.8 Å². The molecule has 1 amide bonds. The molecule has 0 heterocycles. The molecule has 0 saturated heterocycles. The first-order valence-corrected chi connectivity index (χ1v) is 6.66. The van der Waals surface area contributed by atoms with E-state index in [0.717, 1.165) is 12.5 Å². The molecule has 1 fully saturated rings. The highest BCUT2D eigenvalue weighted by atomic mass is 16.5. The number of ether oxygens (including phenoxy) is 1. The average molecular weight is 258 g/mol. The molecule has 0 atom stereocenters. The van der Waals surface area contributed by atoms with Crippen LogP contribution in [0.15, 0.2) is 24.3 Å². The summed E-state index contributed by atoms with van der Waals surface area (Å²) in [4.78, 5) is 11.7. The number of hydrogen-bond acceptors (Lipinski definition) is 3. The Morgan fingerprint density at radius 1 is 1.42 bits per heavy atom. The van der Waals surface area contributed by atoms with Crippen LogP contribution in [0.5, 0.6) is 0 Å². The van der Waals surface area contributed by atoms with Crippen molar-refractivity contribution < 1.29 is 9.53 Å². The summed E-state index contributed by atoms with van der Waals surface area (Å²) in [5.74, 6) is 0.689. The van der Waals surface area contributed by atoms with E-state index in [9.17, 15) is 4.79 Å². The van der Waals surface area contributed by atoms with Gasteiger partial charge in [-0.2, -0.15) is 5.26 Å². The molecule has 0 radical (unpaired) electrons. The number of para-hydroxylation sites is 1. The largest absolute Gasteiger partial charge is 0.381 e. The molecule has 100 valence electrons. The van der Waals surface area contributed by atoms with Crippen LogP contribution in [0.2, 0.25) is 0 Å². The van der Waals surface area contributed by atoms with Gasteiger partial charge in [-0.1, -0.05) is 12.1 Å². The summed E-state index contributed by atoms with van der Waals surface area (Å²) in [5, 5.41) is 11.7. The van der Waals surface area contributed by atoms with Crippen LogP contribution >= 0.6 is 0 Å². The minimum atomic E-state index is -0.0716. The van der Waals surface area contributed by atoms with E-state index in [2.05, 4.69) is 11.4 Å². The van der Waals surface area contributed by atoms with Gasteiger partial charge in [0, 0.05) is 19.6 Å². The second kappa shape index (κ2) is 6.91. The summed E-state index contributed by atoms with van der Waals surface area (Å²) >= 11 is 0. The lowest BCUT2D eigenvalue weighted by molar-refractivity contribution is -0.116. The van der Waals surface area contributed by atoms with Crippen molar-refractivity contribution in [3.63, 3.8) is 0 Å². The zero-order valence-corrected chi connectivity index (χ0v) is 10.9. The van der Waals surface area contributed by atoms with Crippen LogP contribution in [0.3, 0.4) is 0 Å². The zero-order valence-electron chi connectivity index (χ0n) is 10.9. The highest BCUT2D eigenvalue weighted by molar-refractivity contribution is 5.92. The molecule has 1 aromatic rings. The predicted octanol–water partition coefficient (Wildman–Crippen LogP) is 2.70. The number of benzene rings is 1. The number of amides is 1. The Balaban J connectivity index is 1.67. The Hall–Kier alpha value is -1.86. The lowest BCUT2D eigenvalue weighted by Gasteiger charge is -2.07. The highest BCUT2D eigenvalue weighted by Crippen LogP contribution is 2.28.